The average molecular weight is 354 g/mol. The molecule has 6 nitrogen and oxygen atoms in total. The predicted molar refractivity (Wildman–Crippen MR) is 86.5 cm³/mol. The van der Waals surface area contributed by atoms with Gasteiger partial charge in [0.15, 0.2) is 5.69 Å². The quantitative estimate of drug-likeness (QED) is 0.901. The van der Waals surface area contributed by atoms with Crippen LogP contribution in [0.25, 0.3) is 0 Å². The number of rotatable bonds is 3. The fourth-order valence-corrected chi connectivity index (χ4v) is 4.88. The molecular weight excluding hydrogens is 330 g/mol. The van der Waals surface area contributed by atoms with E-state index in [9.17, 15) is 13.6 Å². The van der Waals surface area contributed by atoms with Gasteiger partial charge in [0.1, 0.15) is 5.69 Å². The van der Waals surface area contributed by atoms with Gasteiger partial charge in [-0.3, -0.25) is 14.8 Å². The summed E-state index contributed by atoms with van der Waals surface area (Å²) in [5.41, 5.74) is -0.0136. The summed E-state index contributed by atoms with van der Waals surface area (Å²) in [6.07, 6.45) is -0.769. The van der Waals surface area contributed by atoms with Crippen LogP contribution >= 0.6 is 0 Å². The summed E-state index contributed by atoms with van der Waals surface area (Å²) >= 11 is 0. The third-order valence-corrected chi connectivity index (χ3v) is 6.33. The summed E-state index contributed by atoms with van der Waals surface area (Å²) < 4.78 is 31.1. The standard InChI is InChI=1S/C17H24F2N4O2/c1-2-22-10-17(11-8-25-9-14(11)22)3-5-23(6-4-17)16(24)13-7-12(15(18)19)20-21-13/h7,11,14-15H,2-6,8-10H2,1H3,(H,20,21)/t11-,14+/m0/s1. The highest BCUT2D eigenvalue weighted by atomic mass is 19.3. The van der Waals surface area contributed by atoms with Crippen LogP contribution in [0.4, 0.5) is 8.78 Å². The van der Waals surface area contributed by atoms with Crippen LogP contribution in [0.3, 0.4) is 0 Å². The van der Waals surface area contributed by atoms with Crippen molar-refractivity contribution in [1.82, 2.24) is 20.0 Å². The Hall–Kier alpha value is -1.54. The van der Waals surface area contributed by atoms with Crippen LogP contribution < -0.4 is 0 Å². The number of carbonyl (C=O) groups excluding carboxylic acids is 1. The number of nitrogens with zero attached hydrogens (tertiary/aromatic N) is 3. The van der Waals surface area contributed by atoms with E-state index in [1.165, 1.54) is 0 Å². The van der Waals surface area contributed by atoms with Gasteiger partial charge in [-0.1, -0.05) is 6.92 Å². The van der Waals surface area contributed by atoms with Crippen LogP contribution in [0, 0.1) is 11.3 Å². The molecule has 3 aliphatic rings. The van der Waals surface area contributed by atoms with E-state index >= 15 is 0 Å². The molecule has 4 heterocycles. The molecule has 0 saturated carbocycles. The lowest BCUT2D eigenvalue weighted by atomic mass is 9.70. The van der Waals surface area contributed by atoms with Gasteiger partial charge in [-0.05, 0) is 30.9 Å². The Balaban J connectivity index is 1.43. The molecule has 138 valence electrons. The Morgan fingerprint density at radius 2 is 2.20 bits per heavy atom. The van der Waals surface area contributed by atoms with Crippen LogP contribution in [-0.4, -0.2) is 71.3 Å². The zero-order valence-electron chi connectivity index (χ0n) is 14.4. The Morgan fingerprint density at radius 3 is 2.84 bits per heavy atom. The fraction of sp³-hybridized carbons (Fsp3) is 0.765. The second kappa shape index (κ2) is 6.32. The Labute approximate surface area is 145 Å². The maximum absolute atomic E-state index is 12.7. The number of nitrogens with one attached hydrogen (secondary N) is 1. The fourth-order valence-electron chi connectivity index (χ4n) is 4.88. The highest BCUT2D eigenvalue weighted by Gasteiger charge is 2.55. The van der Waals surface area contributed by atoms with Gasteiger partial charge in [-0.15, -0.1) is 0 Å². The van der Waals surface area contributed by atoms with Crippen molar-refractivity contribution in [1.29, 1.82) is 0 Å². The molecule has 4 rings (SSSR count). The number of likely N-dealkylation sites (tertiary alicyclic amines) is 2. The molecule has 3 aliphatic heterocycles. The van der Waals surface area contributed by atoms with Crippen LogP contribution in [-0.2, 0) is 4.74 Å². The van der Waals surface area contributed by atoms with Crippen LogP contribution in [0.5, 0.6) is 0 Å². The van der Waals surface area contributed by atoms with Crippen LogP contribution in [0.2, 0.25) is 0 Å². The van der Waals surface area contributed by atoms with Gasteiger partial charge in [0.25, 0.3) is 12.3 Å². The van der Waals surface area contributed by atoms with Crippen LogP contribution in [0.1, 0.15) is 42.4 Å². The molecule has 0 unspecified atom stereocenters. The monoisotopic (exact) mass is 354 g/mol. The number of hydrogen-bond acceptors (Lipinski definition) is 4. The summed E-state index contributed by atoms with van der Waals surface area (Å²) in [5, 5.41) is 6.00. The van der Waals surface area contributed by atoms with Crippen LogP contribution in [0.15, 0.2) is 6.07 Å². The number of fused-ring (bicyclic) bond motifs is 2. The summed E-state index contributed by atoms with van der Waals surface area (Å²) in [7, 11) is 0. The average Bonchev–Trinajstić information content (AvgIpc) is 3.33. The number of ether oxygens (including phenoxy) is 1. The van der Waals surface area contributed by atoms with Crippen molar-refractivity contribution in [3.05, 3.63) is 17.5 Å². The lowest BCUT2D eigenvalue weighted by Gasteiger charge is -2.42. The first kappa shape index (κ1) is 16.9. The summed E-state index contributed by atoms with van der Waals surface area (Å²) in [6.45, 7) is 7.21. The molecular formula is C17H24F2N4O2. The van der Waals surface area contributed by atoms with E-state index in [-0.39, 0.29) is 22.7 Å². The largest absolute Gasteiger partial charge is 0.379 e. The molecule has 0 aliphatic carbocycles. The van der Waals surface area contributed by atoms with E-state index in [4.69, 9.17) is 4.74 Å². The molecule has 3 fully saturated rings. The van der Waals surface area contributed by atoms with Crippen molar-refractivity contribution in [3.63, 3.8) is 0 Å². The minimum Gasteiger partial charge on any atom is -0.379 e. The van der Waals surface area contributed by atoms with Crippen molar-refractivity contribution in [2.45, 2.75) is 32.2 Å². The molecule has 1 aromatic rings. The van der Waals surface area contributed by atoms with Gasteiger partial charge in [0.05, 0.1) is 13.2 Å². The first-order valence-electron chi connectivity index (χ1n) is 8.98. The van der Waals surface area contributed by atoms with Gasteiger partial charge in [-0.2, -0.15) is 5.10 Å². The number of carbonyl (C=O) groups is 1. The first-order chi connectivity index (χ1) is 12.0. The molecule has 1 N–H and O–H groups in total. The molecule has 2 atom stereocenters. The van der Waals surface area contributed by atoms with E-state index < -0.39 is 6.43 Å². The highest BCUT2D eigenvalue weighted by molar-refractivity contribution is 5.92. The second-order valence-electron chi connectivity index (χ2n) is 7.44. The highest BCUT2D eigenvalue weighted by Crippen LogP contribution is 2.50. The lowest BCUT2D eigenvalue weighted by Crippen LogP contribution is -2.47. The molecule has 8 heteroatoms. The summed E-state index contributed by atoms with van der Waals surface area (Å²) in [6, 6.07) is 1.67. The number of piperidine rings is 1. The number of aromatic amines is 1. The molecule has 1 spiro atoms. The van der Waals surface area contributed by atoms with Gasteiger partial charge in [0, 0.05) is 31.6 Å². The third kappa shape index (κ3) is 2.75. The maximum atomic E-state index is 12.7. The van der Waals surface area contributed by atoms with E-state index in [0.717, 1.165) is 45.2 Å². The first-order valence-corrected chi connectivity index (χ1v) is 8.98. The summed E-state index contributed by atoms with van der Waals surface area (Å²) in [5.74, 6) is 0.281. The number of H-pyrrole nitrogens is 1. The van der Waals surface area contributed by atoms with E-state index in [2.05, 4.69) is 22.0 Å². The zero-order chi connectivity index (χ0) is 17.6. The minimum atomic E-state index is -2.64. The van der Waals surface area contributed by atoms with E-state index in [0.29, 0.717) is 25.0 Å². The molecule has 1 aromatic heterocycles. The number of halogens is 2. The van der Waals surface area contributed by atoms with Gasteiger partial charge >= 0.3 is 0 Å². The smallest absolute Gasteiger partial charge is 0.279 e. The minimum absolute atomic E-state index is 0.0786. The molecule has 0 bridgehead atoms. The summed E-state index contributed by atoms with van der Waals surface area (Å²) in [4.78, 5) is 16.8. The predicted octanol–water partition coefficient (Wildman–Crippen LogP) is 1.92. The Bertz CT molecular complexity index is 642. The number of amides is 1. The van der Waals surface area contributed by atoms with Crippen molar-refractivity contribution < 1.29 is 18.3 Å². The Morgan fingerprint density at radius 1 is 1.44 bits per heavy atom. The Kier molecular flexibility index (Phi) is 4.27. The topological polar surface area (TPSA) is 61.5 Å². The van der Waals surface area contributed by atoms with Gasteiger partial charge < -0.3 is 9.64 Å². The van der Waals surface area contributed by atoms with E-state index in [1.807, 2.05) is 0 Å². The van der Waals surface area contributed by atoms with Crippen molar-refractivity contribution in [2.75, 3.05) is 39.4 Å². The van der Waals surface area contributed by atoms with Gasteiger partial charge in [-0.25, -0.2) is 8.78 Å². The molecule has 3 saturated heterocycles. The molecule has 25 heavy (non-hydrogen) atoms. The van der Waals surface area contributed by atoms with Crippen molar-refractivity contribution in [3.8, 4) is 0 Å². The number of likely N-dealkylation sites (N-methyl/N-ethyl adjacent to an activating group) is 1. The van der Waals surface area contributed by atoms with Crippen molar-refractivity contribution >= 4 is 5.91 Å². The third-order valence-electron chi connectivity index (χ3n) is 6.33. The maximum Gasteiger partial charge on any atom is 0.279 e. The number of aromatic nitrogens is 2. The SMILES string of the molecule is CCN1CC2(CCN(C(=O)c3cc(C(F)F)[nH]n3)CC2)[C@H]2COC[C@H]21. The second-order valence-corrected chi connectivity index (χ2v) is 7.44. The van der Waals surface area contributed by atoms with Gasteiger partial charge in [0.2, 0.25) is 0 Å². The number of alkyl halides is 2. The molecule has 0 aromatic carbocycles. The lowest BCUT2D eigenvalue weighted by molar-refractivity contribution is 0.0399. The zero-order valence-corrected chi connectivity index (χ0v) is 14.4. The molecule has 1 amide bonds. The number of hydrogen-bond donors (Lipinski definition) is 1. The normalized spacial score (nSPS) is 28.9. The molecule has 0 radical (unpaired) electrons. The van der Waals surface area contributed by atoms with Crippen molar-refractivity contribution in [2.24, 2.45) is 11.3 Å². The van der Waals surface area contributed by atoms with E-state index in [1.54, 1.807) is 4.90 Å².